The van der Waals surface area contributed by atoms with E-state index in [1.54, 1.807) is 31.2 Å². The number of fused-ring (bicyclic) bond motifs is 1. The normalized spacial score (nSPS) is 18.1. The predicted octanol–water partition coefficient (Wildman–Crippen LogP) is 1.41. The van der Waals surface area contributed by atoms with Crippen molar-refractivity contribution in [3.8, 4) is 0 Å². The van der Waals surface area contributed by atoms with Gasteiger partial charge in [-0.2, -0.15) is 0 Å². The van der Waals surface area contributed by atoms with Crippen molar-refractivity contribution in [1.82, 2.24) is 4.31 Å². The first-order valence-electron chi connectivity index (χ1n) is 4.86. The van der Waals surface area contributed by atoms with Crippen LogP contribution in [0.5, 0.6) is 0 Å². The fraction of sp³-hybridized carbons (Fsp3) is 0.182. The number of allylic oxidation sites excluding steroid dienone is 1. The van der Waals surface area contributed by atoms with E-state index in [0.717, 1.165) is 4.31 Å². The van der Waals surface area contributed by atoms with Crippen LogP contribution in [0.15, 0.2) is 41.3 Å². The Hall–Kier alpha value is -1.62. The number of nitrogens with zero attached hydrogens (tertiary/aromatic N) is 1. The van der Waals surface area contributed by atoms with Crippen molar-refractivity contribution in [2.75, 3.05) is 6.54 Å². The van der Waals surface area contributed by atoms with Gasteiger partial charge in [-0.1, -0.05) is 24.3 Å². The van der Waals surface area contributed by atoms with E-state index in [9.17, 15) is 13.2 Å². The molecule has 0 unspecified atom stereocenters. The minimum absolute atomic E-state index is 0.0896. The fourth-order valence-corrected chi connectivity index (χ4v) is 3.13. The summed E-state index contributed by atoms with van der Waals surface area (Å²) in [5, 5.41) is 0. The van der Waals surface area contributed by atoms with Gasteiger partial charge in [0.2, 0.25) is 0 Å². The van der Waals surface area contributed by atoms with Gasteiger partial charge in [0.25, 0.3) is 15.9 Å². The van der Waals surface area contributed by atoms with Crippen molar-refractivity contribution < 1.29 is 13.2 Å². The lowest BCUT2D eigenvalue weighted by Crippen LogP contribution is -2.30. The monoisotopic (exact) mass is 237 g/mol. The highest BCUT2D eigenvalue weighted by molar-refractivity contribution is 7.90. The number of hydrogen-bond acceptors (Lipinski definition) is 3. The van der Waals surface area contributed by atoms with Crippen molar-refractivity contribution in [2.45, 2.75) is 11.8 Å². The lowest BCUT2D eigenvalue weighted by atomic mass is 10.2. The van der Waals surface area contributed by atoms with E-state index in [1.165, 1.54) is 12.1 Å². The van der Waals surface area contributed by atoms with Gasteiger partial charge >= 0.3 is 0 Å². The van der Waals surface area contributed by atoms with Crippen molar-refractivity contribution in [2.24, 2.45) is 0 Å². The highest BCUT2D eigenvalue weighted by Gasteiger charge is 2.39. The predicted molar refractivity (Wildman–Crippen MR) is 59.5 cm³/mol. The maximum Gasteiger partial charge on any atom is 0.269 e. The third-order valence-electron chi connectivity index (χ3n) is 2.42. The maximum atomic E-state index is 12.0. The topological polar surface area (TPSA) is 54.5 Å². The van der Waals surface area contributed by atoms with Crippen LogP contribution in [0.3, 0.4) is 0 Å². The van der Waals surface area contributed by atoms with E-state index in [-0.39, 0.29) is 17.0 Å². The smallest absolute Gasteiger partial charge is 0.268 e. The molecule has 0 saturated carbocycles. The number of benzene rings is 1. The first-order chi connectivity index (χ1) is 7.59. The summed E-state index contributed by atoms with van der Waals surface area (Å²) in [4.78, 5) is 11.9. The van der Waals surface area contributed by atoms with Crippen molar-refractivity contribution in [1.29, 1.82) is 0 Å². The standard InChI is InChI=1S/C11H11NO3S/c1-2-3-8-12-11(13)9-6-4-5-7-10(9)16(12,14)15/h2-7H,8H2,1H3/b3-2+. The van der Waals surface area contributed by atoms with Gasteiger partial charge in [-0.05, 0) is 19.1 Å². The first-order valence-corrected chi connectivity index (χ1v) is 6.30. The molecule has 5 heteroatoms. The van der Waals surface area contributed by atoms with Gasteiger partial charge in [-0.3, -0.25) is 4.79 Å². The number of carbonyl (C=O) groups excluding carboxylic acids is 1. The molecule has 1 amide bonds. The van der Waals surface area contributed by atoms with Gasteiger partial charge in [0, 0.05) is 0 Å². The van der Waals surface area contributed by atoms with Crippen LogP contribution in [-0.2, 0) is 10.0 Å². The Labute approximate surface area is 94.2 Å². The zero-order valence-corrected chi connectivity index (χ0v) is 9.57. The zero-order valence-electron chi connectivity index (χ0n) is 8.75. The van der Waals surface area contributed by atoms with Crippen LogP contribution in [-0.4, -0.2) is 25.2 Å². The van der Waals surface area contributed by atoms with Crippen molar-refractivity contribution >= 4 is 15.9 Å². The summed E-state index contributed by atoms with van der Waals surface area (Å²) in [6, 6.07) is 6.26. The van der Waals surface area contributed by atoms with Gasteiger partial charge in [0.15, 0.2) is 0 Å². The summed E-state index contributed by atoms with van der Waals surface area (Å²) in [6.07, 6.45) is 3.35. The average molecular weight is 237 g/mol. The molecule has 2 rings (SSSR count). The van der Waals surface area contributed by atoms with Crippen LogP contribution in [0.1, 0.15) is 17.3 Å². The molecular formula is C11H11NO3S. The van der Waals surface area contributed by atoms with E-state index in [1.807, 2.05) is 0 Å². The quantitative estimate of drug-likeness (QED) is 0.731. The molecule has 0 fully saturated rings. The molecule has 16 heavy (non-hydrogen) atoms. The highest BCUT2D eigenvalue weighted by Crippen LogP contribution is 2.29. The van der Waals surface area contributed by atoms with Crippen molar-refractivity contribution in [3.05, 3.63) is 42.0 Å². The van der Waals surface area contributed by atoms with Crippen LogP contribution in [0.25, 0.3) is 0 Å². The second kappa shape index (κ2) is 3.75. The molecule has 0 saturated heterocycles. The van der Waals surface area contributed by atoms with E-state index >= 15 is 0 Å². The maximum absolute atomic E-state index is 12.0. The number of hydrogen-bond donors (Lipinski definition) is 0. The second-order valence-corrected chi connectivity index (χ2v) is 5.24. The third kappa shape index (κ3) is 1.44. The van der Waals surface area contributed by atoms with E-state index in [2.05, 4.69) is 0 Å². The van der Waals surface area contributed by atoms with E-state index in [0.29, 0.717) is 0 Å². The minimum atomic E-state index is -3.64. The Balaban J connectivity index is 2.54. The fourth-order valence-electron chi connectivity index (χ4n) is 1.61. The lowest BCUT2D eigenvalue weighted by molar-refractivity contribution is 0.0880. The molecule has 1 aromatic rings. The van der Waals surface area contributed by atoms with Gasteiger partial charge in [0.05, 0.1) is 12.1 Å². The molecule has 1 aliphatic rings. The molecule has 0 aromatic heterocycles. The molecule has 1 heterocycles. The van der Waals surface area contributed by atoms with Crippen LogP contribution in [0.2, 0.25) is 0 Å². The van der Waals surface area contributed by atoms with Crippen LogP contribution in [0.4, 0.5) is 0 Å². The molecule has 1 aromatic carbocycles. The largest absolute Gasteiger partial charge is 0.269 e. The summed E-state index contributed by atoms with van der Waals surface area (Å²) < 4.78 is 24.8. The Morgan fingerprint density at radius 3 is 2.62 bits per heavy atom. The Bertz CT molecular complexity index is 560. The number of amides is 1. The number of rotatable bonds is 2. The molecule has 0 aliphatic carbocycles. The SMILES string of the molecule is C/C=C/CN1C(=O)c2ccccc2S1(=O)=O. The lowest BCUT2D eigenvalue weighted by Gasteiger charge is -2.11. The molecule has 0 spiro atoms. The molecule has 84 valence electrons. The Kier molecular flexibility index (Phi) is 2.55. The van der Waals surface area contributed by atoms with Gasteiger partial charge < -0.3 is 0 Å². The zero-order chi connectivity index (χ0) is 11.8. The summed E-state index contributed by atoms with van der Waals surface area (Å²) in [5.41, 5.74) is 0.256. The Morgan fingerprint density at radius 1 is 1.31 bits per heavy atom. The molecule has 0 radical (unpaired) electrons. The summed E-state index contributed by atoms with van der Waals surface area (Å²) >= 11 is 0. The number of carbonyl (C=O) groups is 1. The van der Waals surface area contributed by atoms with Gasteiger partial charge in [-0.15, -0.1) is 0 Å². The van der Waals surface area contributed by atoms with E-state index in [4.69, 9.17) is 0 Å². The van der Waals surface area contributed by atoms with Crippen molar-refractivity contribution in [3.63, 3.8) is 0 Å². The summed E-state index contributed by atoms with van der Waals surface area (Å²) in [7, 11) is -3.64. The third-order valence-corrected chi connectivity index (χ3v) is 4.23. The summed E-state index contributed by atoms with van der Waals surface area (Å²) in [5.74, 6) is -0.450. The van der Waals surface area contributed by atoms with Crippen LogP contribution >= 0.6 is 0 Å². The van der Waals surface area contributed by atoms with Gasteiger partial charge in [-0.25, -0.2) is 12.7 Å². The molecule has 0 bridgehead atoms. The Morgan fingerprint density at radius 2 is 2.00 bits per heavy atom. The first kappa shape index (κ1) is 10.9. The molecular weight excluding hydrogens is 226 g/mol. The minimum Gasteiger partial charge on any atom is -0.268 e. The van der Waals surface area contributed by atoms with Crippen LogP contribution < -0.4 is 0 Å². The molecule has 4 nitrogen and oxygen atoms in total. The number of sulfonamides is 1. The average Bonchev–Trinajstić information content (AvgIpc) is 2.46. The molecule has 0 atom stereocenters. The highest BCUT2D eigenvalue weighted by atomic mass is 32.2. The van der Waals surface area contributed by atoms with Crippen LogP contribution in [0, 0.1) is 0 Å². The molecule has 0 N–H and O–H groups in total. The second-order valence-electron chi connectivity index (χ2n) is 3.41. The molecule has 1 aliphatic heterocycles. The van der Waals surface area contributed by atoms with E-state index < -0.39 is 15.9 Å². The van der Waals surface area contributed by atoms with Gasteiger partial charge in [0.1, 0.15) is 4.90 Å². The summed E-state index contributed by atoms with van der Waals surface area (Å²) in [6.45, 7) is 1.87.